The molecule has 2 aromatic carbocycles. The van der Waals surface area contributed by atoms with Crippen molar-refractivity contribution in [2.75, 3.05) is 13.2 Å². The van der Waals surface area contributed by atoms with Crippen LogP contribution >= 0.6 is 0 Å². The van der Waals surface area contributed by atoms with Crippen LogP contribution in [0.3, 0.4) is 0 Å². The summed E-state index contributed by atoms with van der Waals surface area (Å²) in [5, 5.41) is 2.98. The van der Waals surface area contributed by atoms with Gasteiger partial charge in [-0.05, 0) is 68.5 Å². The molecule has 1 aliphatic heterocycles. The number of carbonyl (C=O) groups excluding carboxylic acids is 1. The molecule has 42 heavy (non-hydrogen) atoms. The zero-order chi connectivity index (χ0) is 28.9. The number of H-pyrrole nitrogens is 1. The first-order chi connectivity index (χ1) is 20.5. The van der Waals surface area contributed by atoms with Gasteiger partial charge in [0.15, 0.2) is 5.82 Å². The normalized spacial score (nSPS) is 21.1. The molecule has 9 nitrogen and oxygen atoms in total. The van der Waals surface area contributed by atoms with Gasteiger partial charge < -0.3 is 24.5 Å². The highest BCUT2D eigenvalue weighted by atomic mass is 19.1. The van der Waals surface area contributed by atoms with E-state index in [0.717, 1.165) is 31.2 Å². The van der Waals surface area contributed by atoms with E-state index < -0.39 is 11.7 Å². The third-order valence-electron chi connectivity index (χ3n) is 7.73. The van der Waals surface area contributed by atoms with Gasteiger partial charge in [0.2, 0.25) is 12.2 Å². The van der Waals surface area contributed by atoms with Crippen LogP contribution in [-0.4, -0.2) is 45.2 Å². The van der Waals surface area contributed by atoms with Gasteiger partial charge in [0, 0.05) is 18.3 Å². The van der Waals surface area contributed by atoms with Gasteiger partial charge in [-0.2, -0.15) is 4.98 Å². The Balaban J connectivity index is 1.21. The molecule has 2 fully saturated rings. The smallest absolute Gasteiger partial charge is 0.317 e. The van der Waals surface area contributed by atoms with Gasteiger partial charge >= 0.3 is 6.01 Å². The summed E-state index contributed by atoms with van der Waals surface area (Å²) < 4.78 is 31.9. The fourth-order valence-electron chi connectivity index (χ4n) is 5.26. The quantitative estimate of drug-likeness (QED) is 0.277. The van der Waals surface area contributed by atoms with Crippen LogP contribution in [0.15, 0.2) is 66.9 Å². The molecule has 1 amide bonds. The number of nitrogens with zero attached hydrogens (tertiary/aromatic N) is 3. The molecule has 0 atom stereocenters. The number of amides is 1. The maximum atomic E-state index is 13.7. The molecule has 3 heterocycles. The second kappa shape index (κ2) is 12.4. The molecule has 0 bridgehead atoms. The number of halogens is 1. The van der Waals surface area contributed by atoms with Gasteiger partial charge in [0.25, 0.3) is 0 Å². The minimum atomic E-state index is -0.863. The Morgan fingerprint density at radius 2 is 1.76 bits per heavy atom. The summed E-state index contributed by atoms with van der Waals surface area (Å²) >= 11 is 0. The molecular formula is C32H34FN5O4. The van der Waals surface area contributed by atoms with Crippen molar-refractivity contribution in [3.8, 4) is 28.7 Å². The molecule has 1 saturated carbocycles. The van der Waals surface area contributed by atoms with E-state index in [2.05, 4.69) is 20.3 Å². The Kier molecular flexibility index (Phi) is 8.25. The number of benzene rings is 2. The predicted molar refractivity (Wildman–Crippen MR) is 154 cm³/mol. The average Bonchev–Trinajstić information content (AvgIpc) is 3.47. The Morgan fingerprint density at radius 1 is 1.02 bits per heavy atom. The van der Waals surface area contributed by atoms with E-state index in [0.29, 0.717) is 41.0 Å². The van der Waals surface area contributed by atoms with Crippen molar-refractivity contribution in [3.63, 3.8) is 0 Å². The summed E-state index contributed by atoms with van der Waals surface area (Å²) in [5.74, 6) is -0.0714. The molecular weight excluding hydrogens is 537 g/mol. The van der Waals surface area contributed by atoms with E-state index in [1.807, 2.05) is 37.3 Å². The highest BCUT2D eigenvalue weighted by Crippen LogP contribution is 2.36. The van der Waals surface area contributed by atoms with Crippen LogP contribution in [0.5, 0.6) is 6.01 Å². The van der Waals surface area contributed by atoms with E-state index in [1.54, 1.807) is 24.4 Å². The standard InChI is InChI=1S/C32H34FN5O4/c1-32(30(39)35-18-21-8-4-2-5-9-21)19-40-29(41-20-32)28-37-26(22-12-14-23(33)15-13-22)27(38-28)25-16-17-34-31(36-25)42-24-10-6-3-7-11-24/h2,4-5,8-9,12-17,24,29H,3,6-7,10-11,18-20H2,1H3,(H,35,39)(H,37,38). The van der Waals surface area contributed by atoms with E-state index in [1.165, 1.54) is 18.6 Å². The van der Waals surface area contributed by atoms with Crippen molar-refractivity contribution in [2.45, 2.75) is 58.0 Å². The third kappa shape index (κ3) is 6.34. The van der Waals surface area contributed by atoms with E-state index >= 15 is 0 Å². The highest BCUT2D eigenvalue weighted by molar-refractivity contribution is 5.82. The summed E-state index contributed by atoms with van der Waals surface area (Å²) in [6.07, 6.45) is 6.41. The monoisotopic (exact) mass is 571 g/mol. The molecule has 6 rings (SSSR count). The predicted octanol–water partition coefficient (Wildman–Crippen LogP) is 5.75. The van der Waals surface area contributed by atoms with Gasteiger partial charge in [0.05, 0.1) is 35.7 Å². The second-order valence-corrected chi connectivity index (χ2v) is 11.1. The minimum absolute atomic E-state index is 0.103. The van der Waals surface area contributed by atoms with E-state index in [4.69, 9.17) is 19.2 Å². The minimum Gasteiger partial charge on any atom is -0.460 e. The SMILES string of the molecule is CC1(C(=O)NCc2ccccc2)COC(c2nc(-c3ccc(F)cc3)c(-c3ccnc(OC4CCCCC4)n3)[nH]2)OC1. The van der Waals surface area contributed by atoms with Gasteiger partial charge in [-0.1, -0.05) is 36.8 Å². The Labute approximate surface area is 243 Å². The fourth-order valence-corrected chi connectivity index (χ4v) is 5.26. The number of hydrogen-bond donors (Lipinski definition) is 2. The summed E-state index contributed by atoms with van der Waals surface area (Å²) in [7, 11) is 0. The number of rotatable bonds is 8. The van der Waals surface area contributed by atoms with Crippen LogP contribution in [0.1, 0.15) is 56.7 Å². The number of imidazole rings is 1. The third-order valence-corrected chi connectivity index (χ3v) is 7.73. The van der Waals surface area contributed by atoms with Crippen LogP contribution in [0, 0.1) is 11.2 Å². The maximum absolute atomic E-state index is 13.7. The molecule has 10 heteroatoms. The number of nitrogens with one attached hydrogen (secondary N) is 2. The van der Waals surface area contributed by atoms with Gasteiger partial charge in [0.1, 0.15) is 11.9 Å². The summed E-state index contributed by atoms with van der Waals surface area (Å²) in [6.45, 7) is 2.53. The Bertz CT molecular complexity index is 1500. The van der Waals surface area contributed by atoms with Crippen molar-refractivity contribution < 1.29 is 23.4 Å². The van der Waals surface area contributed by atoms with Crippen molar-refractivity contribution in [1.29, 1.82) is 0 Å². The Hall–Kier alpha value is -4.15. The first kappa shape index (κ1) is 28.0. The van der Waals surface area contributed by atoms with Crippen LogP contribution < -0.4 is 10.1 Å². The van der Waals surface area contributed by atoms with Crippen molar-refractivity contribution in [1.82, 2.24) is 25.3 Å². The molecule has 218 valence electrons. The lowest BCUT2D eigenvalue weighted by molar-refractivity contribution is -0.231. The molecule has 2 aromatic heterocycles. The molecule has 2 aliphatic rings. The lowest BCUT2D eigenvalue weighted by atomic mass is 9.91. The lowest BCUT2D eigenvalue weighted by Gasteiger charge is -2.35. The zero-order valence-corrected chi connectivity index (χ0v) is 23.5. The van der Waals surface area contributed by atoms with Crippen molar-refractivity contribution in [2.24, 2.45) is 5.41 Å². The van der Waals surface area contributed by atoms with Crippen molar-refractivity contribution in [3.05, 3.63) is 84.1 Å². The molecule has 2 N–H and O–H groups in total. The Morgan fingerprint density at radius 3 is 2.50 bits per heavy atom. The first-order valence-corrected chi connectivity index (χ1v) is 14.4. The van der Waals surface area contributed by atoms with Gasteiger partial charge in [-0.25, -0.2) is 14.4 Å². The number of aromatic nitrogens is 4. The zero-order valence-electron chi connectivity index (χ0n) is 23.5. The lowest BCUT2D eigenvalue weighted by Crippen LogP contribution is -2.48. The molecule has 1 aliphatic carbocycles. The topological polar surface area (TPSA) is 111 Å². The maximum Gasteiger partial charge on any atom is 0.317 e. The molecule has 4 aromatic rings. The second-order valence-electron chi connectivity index (χ2n) is 11.1. The van der Waals surface area contributed by atoms with Crippen molar-refractivity contribution >= 4 is 5.91 Å². The summed E-state index contributed by atoms with van der Waals surface area (Å²) in [4.78, 5) is 30.1. The van der Waals surface area contributed by atoms with Gasteiger partial charge in [-0.3, -0.25) is 4.79 Å². The van der Waals surface area contributed by atoms with Gasteiger partial charge in [-0.15, -0.1) is 0 Å². The first-order valence-electron chi connectivity index (χ1n) is 14.4. The number of hydrogen-bond acceptors (Lipinski definition) is 7. The fraction of sp³-hybridized carbons (Fsp3) is 0.375. The number of ether oxygens (including phenoxy) is 3. The summed E-state index contributed by atoms with van der Waals surface area (Å²) in [6, 6.07) is 17.9. The highest BCUT2D eigenvalue weighted by Gasteiger charge is 2.40. The van der Waals surface area contributed by atoms with E-state index in [9.17, 15) is 9.18 Å². The van der Waals surface area contributed by atoms with Crippen LogP contribution in [0.25, 0.3) is 22.6 Å². The average molecular weight is 572 g/mol. The number of carbonyl (C=O) groups is 1. The largest absolute Gasteiger partial charge is 0.460 e. The van der Waals surface area contributed by atoms with Crippen LogP contribution in [0.2, 0.25) is 0 Å². The number of aromatic amines is 1. The molecule has 0 spiro atoms. The van der Waals surface area contributed by atoms with Crippen LogP contribution in [-0.2, 0) is 20.8 Å². The molecule has 1 saturated heterocycles. The van der Waals surface area contributed by atoms with E-state index in [-0.39, 0.29) is 31.0 Å². The van der Waals surface area contributed by atoms with Crippen LogP contribution in [0.4, 0.5) is 4.39 Å². The summed E-state index contributed by atoms with van der Waals surface area (Å²) in [5.41, 5.74) is 2.59. The molecule has 0 radical (unpaired) electrons. The molecule has 0 unspecified atom stereocenters.